The average Bonchev–Trinajstić information content (AvgIpc) is 2.65. The van der Waals surface area contributed by atoms with Gasteiger partial charge in [-0.1, -0.05) is 61.0 Å². The van der Waals surface area contributed by atoms with Crippen LogP contribution in [0.1, 0.15) is 73.5 Å². The Balaban J connectivity index is 2.37. The van der Waals surface area contributed by atoms with Gasteiger partial charge in [0.1, 0.15) is 6.29 Å². The smallest absolute Gasteiger partial charge is 0.150 e. The SMILES string of the molecule is CCC(C)N(CCC(c1ccccc1)c1cc(C)ccc1C=O)C(C)C. The van der Waals surface area contributed by atoms with Crippen LogP contribution in [0.2, 0.25) is 0 Å². The minimum absolute atomic E-state index is 0.238. The second-order valence-electron chi connectivity index (χ2n) is 7.59. The molecule has 2 rings (SSSR count). The zero-order chi connectivity index (χ0) is 19.1. The van der Waals surface area contributed by atoms with Crippen molar-refractivity contribution in [3.63, 3.8) is 0 Å². The summed E-state index contributed by atoms with van der Waals surface area (Å²) in [5.41, 5.74) is 4.45. The topological polar surface area (TPSA) is 20.3 Å². The van der Waals surface area contributed by atoms with Gasteiger partial charge in [0.2, 0.25) is 0 Å². The summed E-state index contributed by atoms with van der Waals surface area (Å²) in [6, 6.07) is 17.9. The molecule has 2 aromatic rings. The molecule has 0 N–H and O–H groups in total. The van der Waals surface area contributed by atoms with Gasteiger partial charge in [0.15, 0.2) is 0 Å². The summed E-state index contributed by atoms with van der Waals surface area (Å²) in [5.74, 6) is 0.238. The van der Waals surface area contributed by atoms with E-state index in [1.807, 2.05) is 12.1 Å². The van der Waals surface area contributed by atoms with E-state index in [1.165, 1.54) is 11.1 Å². The summed E-state index contributed by atoms with van der Waals surface area (Å²) in [4.78, 5) is 14.2. The van der Waals surface area contributed by atoms with Crippen molar-refractivity contribution in [3.8, 4) is 0 Å². The van der Waals surface area contributed by atoms with E-state index in [2.05, 4.69) is 75.9 Å². The summed E-state index contributed by atoms with van der Waals surface area (Å²) < 4.78 is 0. The second kappa shape index (κ2) is 9.68. The van der Waals surface area contributed by atoms with Crippen LogP contribution in [0.3, 0.4) is 0 Å². The van der Waals surface area contributed by atoms with Gasteiger partial charge in [-0.15, -0.1) is 0 Å². The fourth-order valence-corrected chi connectivity index (χ4v) is 3.79. The molecular weight excluding hydrogens is 318 g/mol. The van der Waals surface area contributed by atoms with E-state index in [1.54, 1.807) is 0 Å². The third kappa shape index (κ3) is 5.04. The van der Waals surface area contributed by atoms with Gasteiger partial charge in [0.05, 0.1) is 0 Å². The lowest BCUT2D eigenvalue weighted by Crippen LogP contribution is -2.39. The molecule has 26 heavy (non-hydrogen) atoms. The molecule has 2 atom stereocenters. The summed E-state index contributed by atoms with van der Waals surface area (Å²) in [7, 11) is 0. The fraction of sp³-hybridized carbons (Fsp3) is 0.458. The molecular formula is C24H33NO. The highest BCUT2D eigenvalue weighted by Crippen LogP contribution is 2.31. The maximum absolute atomic E-state index is 11.7. The summed E-state index contributed by atoms with van der Waals surface area (Å²) in [6.45, 7) is 12.2. The van der Waals surface area contributed by atoms with Crippen LogP contribution in [0.15, 0.2) is 48.5 Å². The maximum Gasteiger partial charge on any atom is 0.150 e. The first-order valence-electron chi connectivity index (χ1n) is 9.84. The zero-order valence-electron chi connectivity index (χ0n) is 16.9. The first-order chi connectivity index (χ1) is 12.5. The lowest BCUT2D eigenvalue weighted by molar-refractivity contribution is 0.112. The molecule has 0 saturated carbocycles. The number of aryl methyl sites for hydroxylation is 1. The van der Waals surface area contributed by atoms with Crippen molar-refractivity contribution in [1.29, 1.82) is 0 Å². The predicted octanol–water partition coefficient (Wildman–Crippen LogP) is 5.84. The Hall–Kier alpha value is -1.93. The zero-order valence-corrected chi connectivity index (χ0v) is 16.9. The number of hydrogen-bond donors (Lipinski definition) is 0. The predicted molar refractivity (Wildman–Crippen MR) is 111 cm³/mol. The van der Waals surface area contributed by atoms with Crippen molar-refractivity contribution in [3.05, 3.63) is 70.8 Å². The lowest BCUT2D eigenvalue weighted by atomic mass is 9.85. The van der Waals surface area contributed by atoms with Crippen LogP contribution >= 0.6 is 0 Å². The Morgan fingerprint density at radius 2 is 1.73 bits per heavy atom. The summed E-state index contributed by atoms with van der Waals surface area (Å²) >= 11 is 0. The third-order valence-corrected chi connectivity index (χ3v) is 5.44. The largest absolute Gasteiger partial charge is 0.298 e. The van der Waals surface area contributed by atoms with Crippen LogP contribution in [0.4, 0.5) is 0 Å². The van der Waals surface area contributed by atoms with Gasteiger partial charge in [-0.2, -0.15) is 0 Å². The van der Waals surface area contributed by atoms with Gasteiger partial charge in [0.25, 0.3) is 0 Å². The number of hydrogen-bond acceptors (Lipinski definition) is 2. The highest BCUT2D eigenvalue weighted by atomic mass is 16.1. The van der Waals surface area contributed by atoms with Crippen molar-refractivity contribution in [2.24, 2.45) is 0 Å². The molecule has 0 saturated heterocycles. The molecule has 2 nitrogen and oxygen atoms in total. The van der Waals surface area contributed by atoms with Crippen molar-refractivity contribution < 1.29 is 4.79 Å². The first kappa shape index (κ1) is 20.4. The molecule has 2 aromatic carbocycles. The van der Waals surface area contributed by atoms with Crippen LogP contribution < -0.4 is 0 Å². The number of aldehydes is 1. The molecule has 2 unspecified atom stereocenters. The molecule has 0 aliphatic carbocycles. The van der Waals surface area contributed by atoms with Crippen LogP contribution in [0.5, 0.6) is 0 Å². The molecule has 0 aliphatic rings. The van der Waals surface area contributed by atoms with Crippen molar-refractivity contribution in [1.82, 2.24) is 4.90 Å². The molecule has 140 valence electrons. The Labute approximate surface area is 159 Å². The number of nitrogens with zero attached hydrogens (tertiary/aromatic N) is 1. The lowest BCUT2D eigenvalue weighted by Gasteiger charge is -2.34. The summed E-state index contributed by atoms with van der Waals surface area (Å²) in [6.07, 6.45) is 3.16. The number of carbonyl (C=O) groups excluding carboxylic acids is 1. The Morgan fingerprint density at radius 1 is 1.04 bits per heavy atom. The van der Waals surface area contributed by atoms with Gasteiger partial charge in [-0.25, -0.2) is 0 Å². The average molecular weight is 352 g/mol. The molecule has 2 heteroatoms. The van der Waals surface area contributed by atoms with Crippen LogP contribution in [-0.2, 0) is 0 Å². The van der Waals surface area contributed by atoms with Gasteiger partial charge in [0, 0.05) is 23.6 Å². The molecule has 0 fully saturated rings. The van der Waals surface area contributed by atoms with Gasteiger partial charge in [-0.05, 0) is 58.2 Å². The molecule has 0 radical (unpaired) electrons. The highest BCUT2D eigenvalue weighted by molar-refractivity contribution is 5.78. The second-order valence-corrected chi connectivity index (χ2v) is 7.59. The molecule has 0 bridgehead atoms. The van der Waals surface area contributed by atoms with Crippen LogP contribution in [0, 0.1) is 6.92 Å². The number of rotatable bonds is 9. The van der Waals surface area contributed by atoms with E-state index < -0.39 is 0 Å². The third-order valence-electron chi connectivity index (χ3n) is 5.44. The molecule has 0 aliphatic heterocycles. The highest BCUT2D eigenvalue weighted by Gasteiger charge is 2.22. The monoisotopic (exact) mass is 351 g/mol. The molecule has 0 spiro atoms. The Morgan fingerprint density at radius 3 is 2.31 bits per heavy atom. The Kier molecular flexibility index (Phi) is 7.59. The van der Waals surface area contributed by atoms with Crippen LogP contribution in [0.25, 0.3) is 0 Å². The van der Waals surface area contributed by atoms with E-state index in [9.17, 15) is 4.79 Å². The Bertz CT molecular complexity index is 693. The van der Waals surface area contributed by atoms with E-state index in [0.717, 1.165) is 36.8 Å². The fourth-order valence-electron chi connectivity index (χ4n) is 3.79. The maximum atomic E-state index is 11.7. The molecule has 0 aromatic heterocycles. The van der Waals surface area contributed by atoms with E-state index in [-0.39, 0.29) is 5.92 Å². The van der Waals surface area contributed by atoms with E-state index in [4.69, 9.17) is 0 Å². The van der Waals surface area contributed by atoms with Gasteiger partial charge >= 0.3 is 0 Å². The van der Waals surface area contributed by atoms with Gasteiger partial charge in [-0.3, -0.25) is 9.69 Å². The van der Waals surface area contributed by atoms with E-state index >= 15 is 0 Å². The molecule has 0 amide bonds. The first-order valence-corrected chi connectivity index (χ1v) is 9.84. The minimum Gasteiger partial charge on any atom is -0.298 e. The summed E-state index contributed by atoms with van der Waals surface area (Å²) in [5, 5.41) is 0. The molecule has 0 heterocycles. The quantitative estimate of drug-likeness (QED) is 0.529. The van der Waals surface area contributed by atoms with Crippen molar-refractivity contribution in [2.75, 3.05) is 6.54 Å². The standard InChI is InChI=1S/C24H33NO/c1-6-20(5)25(18(2)3)15-14-23(21-10-8-7-9-11-21)24-16-19(4)12-13-22(24)17-26/h7-13,16-18,20,23H,6,14-15H2,1-5H3. The normalized spacial score (nSPS) is 13.8. The number of benzene rings is 2. The van der Waals surface area contributed by atoms with Crippen molar-refractivity contribution >= 4 is 6.29 Å². The van der Waals surface area contributed by atoms with E-state index in [0.29, 0.717) is 12.1 Å². The number of carbonyl (C=O) groups is 1. The van der Waals surface area contributed by atoms with Crippen LogP contribution in [-0.4, -0.2) is 29.8 Å². The van der Waals surface area contributed by atoms with Gasteiger partial charge < -0.3 is 0 Å². The minimum atomic E-state index is 0.238. The van der Waals surface area contributed by atoms with Crippen molar-refractivity contribution in [2.45, 2.75) is 65.5 Å².